The van der Waals surface area contributed by atoms with Gasteiger partial charge in [0.05, 0.1) is 6.61 Å². The van der Waals surface area contributed by atoms with E-state index in [9.17, 15) is 24.5 Å². The number of unbranched alkanes of at least 4 members (excludes halogenated alkanes) is 1. The third-order valence-electron chi connectivity index (χ3n) is 5.23. The molecule has 0 saturated carbocycles. The smallest absolute Gasteiger partial charge is 0.347 e. The predicted octanol–water partition coefficient (Wildman–Crippen LogP) is 6.62. The van der Waals surface area contributed by atoms with Gasteiger partial charge >= 0.3 is 11.9 Å². The quantitative estimate of drug-likeness (QED) is 0.0397. The van der Waals surface area contributed by atoms with Gasteiger partial charge < -0.3 is 14.3 Å². The van der Waals surface area contributed by atoms with Crippen LogP contribution in [-0.2, 0) is 20.8 Å². The number of hydrogen-bond donors (Lipinski definition) is 0. The van der Waals surface area contributed by atoms with Gasteiger partial charge in [0.25, 0.3) is 5.09 Å². The molecule has 0 atom stereocenters. The second kappa shape index (κ2) is 14.5. The summed E-state index contributed by atoms with van der Waals surface area (Å²) in [7, 11) is 3.06. The average molecular weight is 576 g/mol. The molecule has 0 radical (unpaired) electrons. The third-order valence-corrected chi connectivity index (χ3v) is 8.14. The molecule has 0 bridgehead atoms. The molecule has 0 aliphatic heterocycles. The number of hydrogen-bond acceptors (Lipinski definition) is 11. The maximum atomic E-state index is 13.1. The van der Waals surface area contributed by atoms with E-state index >= 15 is 0 Å². The normalized spacial score (nSPS) is 10.6. The van der Waals surface area contributed by atoms with Crippen LogP contribution >= 0.6 is 32.9 Å². The van der Waals surface area contributed by atoms with Crippen molar-refractivity contribution in [3.63, 3.8) is 0 Å². The van der Waals surface area contributed by atoms with Gasteiger partial charge in [0.2, 0.25) is 0 Å². The van der Waals surface area contributed by atoms with Crippen molar-refractivity contribution < 1.29 is 33.8 Å². The molecule has 3 rings (SSSR count). The minimum atomic E-state index is -0.941. The molecule has 0 N–H and O–H groups in total. The Kier molecular flexibility index (Phi) is 11.1. The van der Waals surface area contributed by atoms with Crippen molar-refractivity contribution in [2.45, 2.75) is 45.4 Å². The lowest BCUT2D eigenvalue weighted by Gasteiger charge is -2.12. The summed E-state index contributed by atoms with van der Waals surface area (Å²) in [6.45, 7) is 1.74. The van der Waals surface area contributed by atoms with Crippen LogP contribution in [0.2, 0.25) is 0 Å². The van der Waals surface area contributed by atoms with E-state index in [1.54, 1.807) is 28.5 Å². The Morgan fingerprint density at radius 1 is 0.974 bits per heavy atom. The van der Waals surface area contributed by atoms with E-state index in [-0.39, 0.29) is 48.7 Å². The van der Waals surface area contributed by atoms with Crippen molar-refractivity contribution in [1.29, 1.82) is 0 Å². The van der Waals surface area contributed by atoms with Crippen LogP contribution in [0.5, 0.6) is 11.5 Å². The number of rotatable bonds is 14. The van der Waals surface area contributed by atoms with Gasteiger partial charge in [-0.3, -0.25) is 9.59 Å². The van der Waals surface area contributed by atoms with Crippen LogP contribution in [0.15, 0.2) is 48.5 Å². The zero-order chi connectivity index (χ0) is 27.5. The molecule has 0 aliphatic carbocycles. The minimum absolute atomic E-state index is 0.0134. The molecule has 1 aromatic heterocycles. The zero-order valence-electron chi connectivity index (χ0n) is 20.5. The van der Waals surface area contributed by atoms with Gasteiger partial charge in [0, 0.05) is 24.1 Å². The topological polar surface area (TPSA) is 122 Å². The average Bonchev–Trinajstić information content (AvgIpc) is 3.32. The van der Waals surface area contributed by atoms with E-state index in [1.807, 2.05) is 25.1 Å². The van der Waals surface area contributed by atoms with E-state index in [0.29, 0.717) is 12.0 Å². The molecule has 2 aromatic carbocycles. The molecule has 0 amide bonds. The van der Waals surface area contributed by atoms with Crippen molar-refractivity contribution in [2.75, 3.05) is 6.61 Å². The molecule has 0 fully saturated rings. The number of carbonyl (C=O) groups excluding carboxylic acids is 3. The number of ketones is 1. The maximum Gasteiger partial charge on any atom is 0.347 e. The van der Waals surface area contributed by atoms with Gasteiger partial charge in [-0.15, -0.1) is 10.1 Å². The number of Topliss-reactive ketones (excluding diaryl/α,β-unsaturated/α-hetero) is 1. The highest BCUT2D eigenvalue weighted by Gasteiger charge is 2.20. The molecule has 200 valence electrons. The molecule has 0 aliphatic rings. The van der Waals surface area contributed by atoms with Crippen LogP contribution in [0.25, 0.3) is 10.4 Å². The minimum Gasteiger partial charge on any atom is -0.426 e. The predicted molar refractivity (Wildman–Crippen MR) is 146 cm³/mol. The van der Waals surface area contributed by atoms with Crippen molar-refractivity contribution in [2.24, 2.45) is 0 Å². The Bertz CT molecular complexity index is 1350. The Labute approximate surface area is 231 Å². The third kappa shape index (κ3) is 9.12. The number of carbonyl (C=O) groups is 3. The number of esters is 2. The highest BCUT2D eigenvalue weighted by Crippen LogP contribution is 2.31. The summed E-state index contributed by atoms with van der Waals surface area (Å²) in [5, 5.41) is 9.31. The molecule has 3 aromatic rings. The fourth-order valence-corrected chi connectivity index (χ4v) is 5.78. The molecule has 9 nitrogen and oxygen atoms in total. The van der Waals surface area contributed by atoms with Crippen LogP contribution < -0.4 is 9.47 Å². The van der Waals surface area contributed by atoms with Crippen molar-refractivity contribution >= 4 is 50.6 Å². The lowest BCUT2D eigenvalue weighted by atomic mass is 10.0. The van der Waals surface area contributed by atoms with Gasteiger partial charge in [-0.25, -0.2) is 4.79 Å². The molecular formula is C26H25NO8S3. The van der Waals surface area contributed by atoms with Gasteiger partial charge in [-0.05, 0) is 66.4 Å². The van der Waals surface area contributed by atoms with E-state index in [4.69, 9.17) is 21.7 Å². The summed E-state index contributed by atoms with van der Waals surface area (Å²) in [6, 6.07) is 13.4. The second-order valence-corrected chi connectivity index (χ2v) is 11.1. The van der Waals surface area contributed by atoms with E-state index in [0.717, 1.165) is 27.1 Å². The van der Waals surface area contributed by atoms with Crippen molar-refractivity contribution in [1.82, 2.24) is 0 Å². The van der Waals surface area contributed by atoms with Gasteiger partial charge in [-0.1, -0.05) is 52.3 Å². The second-order valence-electron chi connectivity index (χ2n) is 8.19. The monoisotopic (exact) mass is 575 g/mol. The SMILES string of the molecule is CCCCC(=O)Cc1ccc(OC(=O)CCCO[N+](=O)[O-])c(C(=O)Oc2ccc(-c3cc(=S)ss3)cc2)c1. The first kappa shape index (κ1) is 29.1. The highest BCUT2D eigenvalue weighted by atomic mass is 32.9. The van der Waals surface area contributed by atoms with Gasteiger partial charge in [0.15, 0.2) is 0 Å². The number of ether oxygens (including phenoxy) is 2. The highest BCUT2D eigenvalue weighted by molar-refractivity contribution is 7.80. The molecule has 12 heteroatoms. The Hall–Kier alpha value is -3.48. The van der Waals surface area contributed by atoms with Crippen LogP contribution in [0.3, 0.4) is 0 Å². The molecule has 0 saturated heterocycles. The van der Waals surface area contributed by atoms with E-state index in [1.165, 1.54) is 22.5 Å². The molecule has 38 heavy (non-hydrogen) atoms. The first-order valence-corrected chi connectivity index (χ1v) is 14.4. The number of benzene rings is 2. The Balaban J connectivity index is 1.76. The summed E-state index contributed by atoms with van der Waals surface area (Å²) in [5.74, 6) is -1.16. The van der Waals surface area contributed by atoms with Crippen LogP contribution in [0.1, 0.15) is 54.9 Å². The summed E-state index contributed by atoms with van der Waals surface area (Å²) in [4.78, 5) is 53.1. The van der Waals surface area contributed by atoms with E-state index in [2.05, 4.69) is 4.84 Å². The first-order chi connectivity index (χ1) is 18.2. The first-order valence-electron chi connectivity index (χ1n) is 11.8. The van der Waals surface area contributed by atoms with Crippen LogP contribution in [-0.4, -0.2) is 29.4 Å². The lowest BCUT2D eigenvalue weighted by Crippen LogP contribution is -2.16. The van der Waals surface area contributed by atoms with Crippen molar-refractivity contribution in [3.8, 4) is 21.9 Å². The molecular weight excluding hydrogens is 550 g/mol. The molecule has 1 heterocycles. The zero-order valence-corrected chi connectivity index (χ0v) is 23.0. The number of nitrogens with zero attached hydrogens (tertiary/aromatic N) is 1. The Morgan fingerprint density at radius 2 is 1.74 bits per heavy atom. The fourth-order valence-electron chi connectivity index (χ4n) is 3.38. The summed E-state index contributed by atoms with van der Waals surface area (Å²) >= 11 is 5.18. The molecule has 0 unspecified atom stereocenters. The lowest BCUT2D eigenvalue weighted by molar-refractivity contribution is -0.757. The van der Waals surface area contributed by atoms with Gasteiger partial charge in [-0.2, -0.15) is 0 Å². The summed E-state index contributed by atoms with van der Waals surface area (Å²) in [5.41, 5.74) is 1.51. The Morgan fingerprint density at radius 3 is 2.39 bits per heavy atom. The van der Waals surface area contributed by atoms with E-state index < -0.39 is 17.0 Å². The van der Waals surface area contributed by atoms with Crippen LogP contribution in [0, 0.1) is 13.9 Å². The van der Waals surface area contributed by atoms with Gasteiger partial charge in [0.1, 0.15) is 26.7 Å². The maximum absolute atomic E-state index is 13.1. The van der Waals surface area contributed by atoms with Crippen molar-refractivity contribution in [3.05, 3.63) is 73.6 Å². The summed E-state index contributed by atoms with van der Waals surface area (Å²) in [6.07, 6.45) is 2.15. The standard InChI is InChI=1S/C26H25NO8S3/c1-2-3-5-19(28)14-17-7-12-22(35-24(29)6-4-13-33-27(31)32)21(15-17)26(30)34-20-10-8-18(9-11-20)23-16-25(36)38-37-23/h7-12,15-16H,2-6,13-14H2,1H3. The molecule has 0 spiro atoms. The largest absolute Gasteiger partial charge is 0.426 e. The van der Waals surface area contributed by atoms with Crippen LogP contribution in [0.4, 0.5) is 0 Å². The fraction of sp³-hybridized carbons (Fsp3) is 0.308. The summed E-state index contributed by atoms with van der Waals surface area (Å²) < 4.78 is 11.7.